The fourth-order valence-corrected chi connectivity index (χ4v) is 4.04. The molecule has 140 valence electrons. The maximum absolute atomic E-state index is 12.8. The van der Waals surface area contributed by atoms with Gasteiger partial charge in [-0.05, 0) is 18.9 Å². The van der Waals surface area contributed by atoms with Crippen LogP contribution in [0.3, 0.4) is 0 Å². The van der Waals surface area contributed by atoms with Crippen LogP contribution in [0.15, 0.2) is 18.5 Å². The molecule has 1 aliphatic carbocycles. The zero-order valence-electron chi connectivity index (χ0n) is 14.9. The first-order valence-corrected chi connectivity index (χ1v) is 9.48. The number of ether oxygens (including phenoxy) is 2. The monoisotopic (exact) mass is 359 g/mol. The standard InChI is InChI=1S/C19H25N3O4/c23-17(21-16-3-1-2-4-16)14-11-15(13-20-12-14)18(24)22-7-5-19(6-8-22)25-9-10-26-19/h11-13,16H,1-10H2,(H,21,23). The van der Waals surface area contributed by atoms with Crippen LogP contribution in [0.25, 0.3) is 0 Å². The van der Waals surface area contributed by atoms with E-state index >= 15 is 0 Å². The molecule has 2 aliphatic heterocycles. The number of rotatable bonds is 3. The first-order chi connectivity index (χ1) is 12.7. The van der Waals surface area contributed by atoms with Gasteiger partial charge < -0.3 is 19.7 Å². The van der Waals surface area contributed by atoms with Crippen molar-refractivity contribution >= 4 is 11.8 Å². The molecule has 0 radical (unpaired) electrons. The lowest BCUT2D eigenvalue weighted by atomic mass is 10.0. The van der Waals surface area contributed by atoms with Gasteiger partial charge in [-0.15, -0.1) is 0 Å². The molecular weight excluding hydrogens is 334 g/mol. The molecule has 0 atom stereocenters. The van der Waals surface area contributed by atoms with Crippen molar-refractivity contribution in [3.8, 4) is 0 Å². The van der Waals surface area contributed by atoms with Gasteiger partial charge in [0.15, 0.2) is 5.79 Å². The van der Waals surface area contributed by atoms with Gasteiger partial charge in [0.05, 0.1) is 24.3 Å². The summed E-state index contributed by atoms with van der Waals surface area (Å²) in [6, 6.07) is 1.89. The predicted octanol–water partition coefficient (Wildman–Crippen LogP) is 1.73. The molecule has 26 heavy (non-hydrogen) atoms. The number of hydrogen-bond donors (Lipinski definition) is 1. The van der Waals surface area contributed by atoms with Gasteiger partial charge in [-0.1, -0.05) is 12.8 Å². The second-order valence-electron chi connectivity index (χ2n) is 7.32. The molecule has 7 heteroatoms. The highest BCUT2D eigenvalue weighted by molar-refractivity contribution is 5.99. The van der Waals surface area contributed by atoms with E-state index in [1.807, 2.05) is 0 Å². The Morgan fingerprint density at radius 1 is 1.08 bits per heavy atom. The van der Waals surface area contributed by atoms with Gasteiger partial charge >= 0.3 is 0 Å². The largest absolute Gasteiger partial charge is 0.349 e. The minimum atomic E-state index is -0.502. The van der Waals surface area contributed by atoms with E-state index in [-0.39, 0.29) is 17.9 Å². The highest BCUT2D eigenvalue weighted by Gasteiger charge is 2.40. The van der Waals surface area contributed by atoms with Crippen molar-refractivity contribution < 1.29 is 19.1 Å². The Bertz CT molecular complexity index is 671. The van der Waals surface area contributed by atoms with Crippen LogP contribution in [0.4, 0.5) is 0 Å². The molecule has 1 N–H and O–H groups in total. The number of hydrogen-bond acceptors (Lipinski definition) is 5. The summed E-state index contributed by atoms with van der Waals surface area (Å²) in [5.74, 6) is -0.747. The molecule has 3 aliphatic rings. The number of carbonyl (C=O) groups excluding carboxylic acids is 2. The van der Waals surface area contributed by atoms with E-state index in [0.29, 0.717) is 50.3 Å². The van der Waals surface area contributed by atoms with Crippen molar-refractivity contribution in [2.24, 2.45) is 0 Å². The molecule has 0 unspecified atom stereocenters. The van der Waals surface area contributed by atoms with Crippen LogP contribution in [-0.4, -0.2) is 59.8 Å². The van der Waals surface area contributed by atoms with Gasteiger partial charge in [0.2, 0.25) is 0 Å². The third-order valence-corrected chi connectivity index (χ3v) is 5.56. The van der Waals surface area contributed by atoms with Gasteiger partial charge in [-0.2, -0.15) is 0 Å². The van der Waals surface area contributed by atoms with Crippen molar-refractivity contribution in [1.29, 1.82) is 0 Å². The average Bonchev–Trinajstić information content (AvgIpc) is 3.34. The fraction of sp³-hybridized carbons (Fsp3) is 0.632. The van der Waals surface area contributed by atoms with Gasteiger partial charge in [-0.25, -0.2) is 0 Å². The summed E-state index contributed by atoms with van der Waals surface area (Å²) in [5, 5.41) is 3.04. The molecular formula is C19H25N3O4. The third-order valence-electron chi connectivity index (χ3n) is 5.56. The van der Waals surface area contributed by atoms with Crippen molar-refractivity contribution in [3.63, 3.8) is 0 Å². The summed E-state index contributed by atoms with van der Waals surface area (Å²) >= 11 is 0. The summed E-state index contributed by atoms with van der Waals surface area (Å²) in [5.41, 5.74) is 0.895. The summed E-state index contributed by atoms with van der Waals surface area (Å²) < 4.78 is 11.4. The minimum absolute atomic E-state index is 0.0964. The zero-order chi connectivity index (χ0) is 18.0. The smallest absolute Gasteiger partial charge is 0.255 e. The molecule has 1 spiro atoms. The zero-order valence-corrected chi connectivity index (χ0v) is 14.9. The van der Waals surface area contributed by atoms with Crippen LogP contribution in [-0.2, 0) is 9.47 Å². The lowest BCUT2D eigenvalue weighted by Gasteiger charge is -2.37. The topological polar surface area (TPSA) is 80.8 Å². The Labute approximate surface area is 153 Å². The van der Waals surface area contributed by atoms with Crippen LogP contribution >= 0.6 is 0 Å². The Morgan fingerprint density at radius 3 is 2.42 bits per heavy atom. The molecule has 1 aromatic heterocycles. The van der Waals surface area contributed by atoms with Crippen molar-refractivity contribution in [2.45, 2.75) is 50.4 Å². The van der Waals surface area contributed by atoms with Crippen LogP contribution in [0, 0.1) is 0 Å². The highest BCUT2D eigenvalue weighted by atomic mass is 16.7. The summed E-state index contributed by atoms with van der Waals surface area (Å²) in [6.07, 6.45) is 8.77. The van der Waals surface area contributed by atoms with E-state index in [1.54, 1.807) is 11.0 Å². The quantitative estimate of drug-likeness (QED) is 0.889. The van der Waals surface area contributed by atoms with Gasteiger partial charge in [0, 0.05) is 44.4 Å². The number of nitrogens with one attached hydrogen (secondary N) is 1. The lowest BCUT2D eigenvalue weighted by molar-refractivity contribution is -0.181. The maximum atomic E-state index is 12.8. The number of pyridine rings is 1. The SMILES string of the molecule is O=C(NC1CCCC1)c1cncc(C(=O)N2CCC3(CC2)OCCO3)c1. The summed E-state index contributed by atoms with van der Waals surface area (Å²) in [6.45, 7) is 2.40. The molecule has 2 saturated heterocycles. The molecule has 0 aromatic carbocycles. The van der Waals surface area contributed by atoms with Crippen molar-refractivity contribution in [2.75, 3.05) is 26.3 Å². The second-order valence-corrected chi connectivity index (χ2v) is 7.32. The van der Waals surface area contributed by atoms with Gasteiger partial charge in [0.1, 0.15) is 0 Å². The average molecular weight is 359 g/mol. The number of likely N-dealkylation sites (tertiary alicyclic amines) is 1. The first kappa shape index (κ1) is 17.4. The van der Waals surface area contributed by atoms with Crippen molar-refractivity contribution in [3.05, 3.63) is 29.6 Å². The minimum Gasteiger partial charge on any atom is -0.349 e. The molecule has 2 amide bonds. The van der Waals surface area contributed by atoms with E-state index < -0.39 is 5.79 Å². The number of amides is 2. The Hall–Kier alpha value is -1.99. The van der Waals surface area contributed by atoms with Gasteiger partial charge in [-0.3, -0.25) is 14.6 Å². The third kappa shape index (κ3) is 3.59. The molecule has 3 fully saturated rings. The molecule has 3 heterocycles. The second kappa shape index (κ2) is 7.32. The van der Waals surface area contributed by atoms with Crippen LogP contribution in [0.1, 0.15) is 59.2 Å². The predicted molar refractivity (Wildman–Crippen MR) is 93.7 cm³/mol. The van der Waals surface area contributed by atoms with E-state index in [2.05, 4.69) is 10.3 Å². The van der Waals surface area contributed by atoms with Crippen LogP contribution in [0.5, 0.6) is 0 Å². The number of piperidine rings is 1. The van der Waals surface area contributed by atoms with Crippen LogP contribution < -0.4 is 5.32 Å². The van der Waals surface area contributed by atoms with E-state index in [9.17, 15) is 9.59 Å². The molecule has 1 saturated carbocycles. The van der Waals surface area contributed by atoms with E-state index in [4.69, 9.17) is 9.47 Å². The van der Waals surface area contributed by atoms with E-state index in [1.165, 1.54) is 12.4 Å². The summed E-state index contributed by atoms with van der Waals surface area (Å²) in [7, 11) is 0. The summed E-state index contributed by atoms with van der Waals surface area (Å²) in [4.78, 5) is 31.1. The molecule has 7 nitrogen and oxygen atoms in total. The van der Waals surface area contributed by atoms with Gasteiger partial charge in [0.25, 0.3) is 11.8 Å². The lowest BCUT2D eigenvalue weighted by Crippen LogP contribution is -2.47. The molecule has 4 rings (SSSR count). The number of aromatic nitrogens is 1. The normalized spacial score (nSPS) is 22.7. The Morgan fingerprint density at radius 2 is 1.73 bits per heavy atom. The Balaban J connectivity index is 1.39. The molecule has 0 bridgehead atoms. The van der Waals surface area contributed by atoms with Crippen LogP contribution in [0.2, 0.25) is 0 Å². The first-order valence-electron chi connectivity index (χ1n) is 9.48. The highest BCUT2D eigenvalue weighted by Crippen LogP contribution is 2.31. The number of nitrogens with zero attached hydrogens (tertiary/aromatic N) is 2. The maximum Gasteiger partial charge on any atom is 0.255 e. The Kier molecular flexibility index (Phi) is 4.91. The fourth-order valence-electron chi connectivity index (χ4n) is 4.04. The molecule has 1 aromatic rings. The van der Waals surface area contributed by atoms with Crippen molar-refractivity contribution in [1.82, 2.24) is 15.2 Å². The number of carbonyl (C=O) groups is 2. The van der Waals surface area contributed by atoms with E-state index in [0.717, 1.165) is 25.7 Å².